The third-order valence-electron chi connectivity index (χ3n) is 2.98. The Morgan fingerprint density at radius 2 is 1.89 bits per heavy atom. The monoisotopic (exact) mass is 274 g/mol. The summed E-state index contributed by atoms with van der Waals surface area (Å²) in [6.07, 6.45) is -4.57. The number of halogens is 3. The average Bonchev–Trinajstić information content (AvgIpc) is 2.23. The fourth-order valence-corrected chi connectivity index (χ4v) is 2.01. The van der Waals surface area contributed by atoms with Crippen LogP contribution < -0.4 is 15.4 Å². The third kappa shape index (κ3) is 2.09. The summed E-state index contributed by atoms with van der Waals surface area (Å²) in [6.45, 7) is 3.09. The summed E-state index contributed by atoms with van der Waals surface area (Å²) in [6, 6.07) is 1.93. The van der Waals surface area contributed by atoms with Crippen molar-refractivity contribution < 1.29 is 22.7 Å². The molecule has 7 heteroatoms. The van der Waals surface area contributed by atoms with Crippen LogP contribution >= 0.6 is 0 Å². The Bertz CT molecular complexity index is 553. The van der Waals surface area contributed by atoms with E-state index in [0.29, 0.717) is 0 Å². The van der Waals surface area contributed by atoms with E-state index in [4.69, 9.17) is 10.5 Å². The van der Waals surface area contributed by atoms with Crippen molar-refractivity contribution in [2.45, 2.75) is 25.6 Å². The van der Waals surface area contributed by atoms with Crippen molar-refractivity contribution in [1.29, 1.82) is 0 Å². The largest absolute Gasteiger partial charge is 0.476 e. The lowest BCUT2D eigenvalue weighted by Crippen LogP contribution is -2.51. The summed E-state index contributed by atoms with van der Waals surface area (Å²) in [7, 11) is 1.40. The molecule has 0 saturated carbocycles. The van der Waals surface area contributed by atoms with Gasteiger partial charge in [-0.25, -0.2) is 0 Å². The SMILES string of the molecule is CN1C(=O)C(C)(C)Oc2cc(N)c(C(F)(F)F)cc21. The molecule has 0 radical (unpaired) electrons. The van der Waals surface area contributed by atoms with E-state index in [1.54, 1.807) is 13.8 Å². The Balaban J connectivity index is 2.62. The van der Waals surface area contributed by atoms with E-state index < -0.39 is 28.9 Å². The van der Waals surface area contributed by atoms with Crippen molar-refractivity contribution >= 4 is 17.3 Å². The van der Waals surface area contributed by atoms with Gasteiger partial charge in [0.05, 0.1) is 11.3 Å². The van der Waals surface area contributed by atoms with Gasteiger partial charge in [-0.3, -0.25) is 4.79 Å². The zero-order valence-electron chi connectivity index (χ0n) is 10.6. The molecule has 0 fully saturated rings. The number of nitrogens with two attached hydrogens (primary N) is 1. The third-order valence-corrected chi connectivity index (χ3v) is 2.98. The second-order valence-electron chi connectivity index (χ2n) is 4.88. The maximum absolute atomic E-state index is 12.8. The smallest absolute Gasteiger partial charge is 0.418 e. The van der Waals surface area contributed by atoms with Crippen LogP contribution in [0.1, 0.15) is 19.4 Å². The van der Waals surface area contributed by atoms with Crippen LogP contribution in [0.5, 0.6) is 5.75 Å². The number of rotatable bonds is 0. The first-order valence-corrected chi connectivity index (χ1v) is 5.52. The van der Waals surface area contributed by atoms with Crippen molar-refractivity contribution in [3.8, 4) is 5.75 Å². The number of hydrogen-bond donors (Lipinski definition) is 1. The van der Waals surface area contributed by atoms with Gasteiger partial charge in [-0.15, -0.1) is 0 Å². The van der Waals surface area contributed by atoms with Crippen LogP contribution in [0.2, 0.25) is 0 Å². The van der Waals surface area contributed by atoms with E-state index >= 15 is 0 Å². The molecule has 0 atom stereocenters. The molecular weight excluding hydrogens is 261 g/mol. The van der Waals surface area contributed by atoms with Gasteiger partial charge >= 0.3 is 6.18 Å². The molecule has 0 unspecified atom stereocenters. The summed E-state index contributed by atoms with van der Waals surface area (Å²) in [5.74, 6) is -0.254. The highest BCUT2D eigenvalue weighted by Gasteiger charge is 2.42. The normalized spacial score (nSPS) is 18.0. The number of alkyl halides is 3. The number of nitrogens with zero attached hydrogens (tertiary/aromatic N) is 1. The standard InChI is InChI=1S/C12H13F3N2O2/c1-11(2)10(18)17(3)8-4-6(12(13,14)15)7(16)5-9(8)19-11/h4-5H,16H2,1-3H3. The number of anilines is 2. The lowest BCUT2D eigenvalue weighted by Gasteiger charge is -2.37. The highest BCUT2D eigenvalue weighted by Crippen LogP contribution is 2.44. The predicted molar refractivity (Wildman–Crippen MR) is 64.0 cm³/mol. The second kappa shape index (κ2) is 3.79. The van der Waals surface area contributed by atoms with Gasteiger partial charge in [-0.2, -0.15) is 13.2 Å². The van der Waals surface area contributed by atoms with E-state index in [2.05, 4.69) is 0 Å². The summed E-state index contributed by atoms with van der Waals surface area (Å²) >= 11 is 0. The van der Waals surface area contributed by atoms with Gasteiger partial charge in [0, 0.05) is 18.8 Å². The Morgan fingerprint density at radius 1 is 1.32 bits per heavy atom. The molecule has 0 aromatic heterocycles. The van der Waals surface area contributed by atoms with Crippen LogP contribution in [-0.2, 0) is 11.0 Å². The second-order valence-corrected chi connectivity index (χ2v) is 4.88. The molecule has 2 rings (SSSR count). The molecule has 1 aliphatic heterocycles. The first-order valence-electron chi connectivity index (χ1n) is 5.52. The van der Waals surface area contributed by atoms with Gasteiger partial charge in [-0.05, 0) is 19.9 Å². The summed E-state index contributed by atoms with van der Waals surface area (Å²) < 4.78 is 43.7. The van der Waals surface area contributed by atoms with E-state index in [0.717, 1.165) is 17.0 Å². The molecule has 0 saturated heterocycles. The quantitative estimate of drug-likeness (QED) is 0.739. The summed E-state index contributed by atoms with van der Waals surface area (Å²) in [5, 5.41) is 0. The van der Waals surface area contributed by atoms with Crippen LogP contribution in [0.25, 0.3) is 0 Å². The molecule has 19 heavy (non-hydrogen) atoms. The number of amides is 1. The Morgan fingerprint density at radius 3 is 2.42 bits per heavy atom. The van der Waals surface area contributed by atoms with Crippen molar-refractivity contribution in [2.24, 2.45) is 0 Å². The summed E-state index contributed by atoms with van der Waals surface area (Å²) in [4.78, 5) is 13.1. The fraction of sp³-hybridized carbons (Fsp3) is 0.417. The van der Waals surface area contributed by atoms with Crippen LogP contribution in [0.3, 0.4) is 0 Å². The number of ether oxygens (including phenoxy) is 1. The fourth-order valence-electron chi connectivity index (χ4n) is 2.01. The highest BCUT2D eigenvalue weighted by atomic mass is 19.4. The summed E-state index contributed by atoms with van der Waals surface area (Å²) in [5.41, 5.74) is 2.92. The maximum atomic E-state index is 12.8. The van der Waals surface area contributed by atoms with Crippen LogP contribution in [-0.4, -0.2) is 18.6 Å². The van der Waals surface area contributed by atoms with Crippen molar-refractivity contribution in [3.63, 3.8) is 0 Å². The zero-order valence-corrected chi connectivity index (χ0v) is 10.6. The molecule has 0 spiro atoms. The van der Waals surface area contributed by atoms with Crippen LogP contribution in [0.15, 0.2) is 12.1 Å². The lowest BCUT2D eigenvalue weighted by atomic mass is 10.0. The molecule has 2 N–H and O–H groups in total. The predicted octanol–water partition coefficient (Wildman–Crippen LogP) is 2.42. The minimum absolute atomic E-state index is 0.0610. The number of fused-ring (bicyclic) bond motifs is 1. The number of likely N-dealkylation sites (N-methyl/N-ethyl adjacent to an activating group) is 1. The Kier molecular flexibility index (Phi) is 2.69. The molecular formula is C12H13F3N2O2. The Labute approximate surface area is 107 Å². The molecule has 1 aliphatic rings. The topological polar surface area (TPSA) is 55.6 Å². The number of carbonyl (C=O) groups excluding carboxylic acids is 1. The minimum atomic E-state index is -4.57. The molecule has 4 nitrogen and oxygen atoms in total. The number of nitrogen functional groups attached to an aromatic ring is 1. The van der Waals surface area contributed by atoms with Crippen molar-refractivity contribution in [2.75, 3.05) is 17.7 Å². The molecule has 1 aromatic rings. The highest BCUT2D eigenvalue weighted by molar-refractivity contribution is 6.02. The number of carbonyl (C=O) groups is 1. The first kappa shape index (κ1) is 13.5. The van der Waals surface area contributed by atoms with Crippen LogP contribution in [0, 0.1) is 0 Å². The van der Waals surface area contributed by atoms with Gasteiger partial charge in [0.2, 0.25) is 0 Å². The molecule has 104 valence electrons. The van der Waals surface area contributed by atoms with Gasteiger partial charge in [-0.1, -0.05) is 0 Å². The van der Waals surface area contributed by atoms with Gasteiger partial charge in [0.25, 0.3) is 5.91 Å². The number of hydrogen-bond acceptors (Lipinski definition) is 3. The van der Waals surface area contributed by atoms with E-state index in [-0.39, 0.29) is 11.4 Å². The first-order chi connectivity index (χ1) is 8.54. The van der Waals surface area contributed by atoms with Gasteiger partial charge in [0.1, 0.15) is 5.75 Å². The van der Waals surface area contributed by atoms with Crippen molar-refractivity contribution in [1.82, 2.24) is 0 Å². The molecule has 1 amide bonds. The lowest BCUT2D eigenvalue weighted by molar-refractivity contribution is -0.137. The molecule has 0 aliphatic carbocycles. The molecule has 1 heterocycles. The minimum Gasteiger partial charge on any atom is -0.476 e. The van der Waals surface area contributed by atoms with Gasteiger partial charge < -0.3 is 15.4 Å². The molecule has 0 bridgehead atoms. The van der Waals surface area contributed by atoms with Gasteiger partial charge in [0.15, 0.2) is 5.60 Å². The van der Waals surface area contributed by atoms with Crippen LogP contribution in [0.4, 0.5) is 24.5 Å². The van der Waals surface area contributed by atoms with E-state index in [9.17, 15) is 18.0 Å². The molecule has 1 aromatic carbocycles. The maximum Gasteiger partial charge on any atom is 0.418 e. The van der Waals surface area contributed by atoms with E-state index in [1.165, 1.54) is 7.05 Å². The van der Waals surface area contributed by atoms with E-state index in [1.807, 2.05) is 0 Å². The average molecular weight is 274 g/mol. The Hall–Kier alpha value is -1.92. The van der Waals surface area contributed by atoms with Crippen molar-refractivity contribution in [3.05, 3.63) is 17.7 Å². The zero-order chi connectivity index (χ0) is 14.6. The number of benzene rings is 1.